The normalized spacial score (nSPS) is 11.6. The molecule has 0 saturated heterocycles. The van der Waals surface area contributed by atoms with Crippen LogP contribution in [0.5, 0.6) is 0 Å². The minimum atomic E-state index is -4.69. The number of hydrogen-bond donors (Lipinski definition) is 1. The van der Waals surface area contributed by atoms with Gasteiger partial charge in [0.05, 0.1) is 5.56 Å². The van der Waals surface area contributed by atoms with Crippen molar-refractivity contribution >= 4 is 5.82 Å². The molecule has 0 atom stereocenters. The Morgan fingerprint density at radius 2 is 1.72 bits per heavy atom. The van der Waals surface area contributed by atoms with Crippen molar-refractivity contribution in [3.8, 4) is 11.3 Å². The zero-order valence-corrected chi connectivity index (χ0v) is 8.87. The number of aromatic nitrogens is 2. The Balaban J connectivity index is 2.69. The van der Waals surface area contributed by atoms with Crippen molar-refractivity contribution in [3.63, 3.8) is 0 Å². The molecule has 0 fully saturated rings. The molecule has 3 nitrogen and oxygen atoms in total. The summed E-state index contributed by atoms with van der Waals surface area (Å²) in [6.45, 7) is 0. The molecule has 0 aliphatic carbocycles. The number of nitrogens with two attached hydrogens (primary N) is 1. The molecule has 7 heteroatoms. The summed E-state index contributed by atoms with van der Waals surface area (Å²) in [7, 11) is 0. The second-order valence-corrected chi connectivity index (χ2v) is 3.48. The van der Waals surface area contributed by atoms with E-state index < -0.39 is 17.6 Å². The van der Waals surface area contributed by atoms with Gasteiger partial charge in [-0.1, -0.05) is 0 Å². The van der Waals surface area contributed by atoms with Crippen LogP contribution in [0.3, 0.4) is 0 Å². The molecule has 0 unspecified atom stereocenters. The summed E-state index contributed by atoms with van der Waals surface area (Å²) in [6, 6.07) is 2.31. The lowest BCUT2D eigenvalue weighted by molar-refractivity contribution is -0.137. The zero-order chi connectivity index (χ0) is 13.3. The SMILES string of the molecule is Nc1nccnc1-c1ccc(F)cc1C(F)(F)F. The van der Waals surface area contributed by atoms with Gasteiger partial charge in [-0.25, -0.2) is 9.37 Å². The summed E-state index contributed by atoms with van der Waals surface area (Å²) in [5.41, 5.74) is 3.92. The van der Waals surface area contributed by atoms with Gasteiger partial charge >= 0.3 is 6.18 Å². The van der Waals surface area contributed by atoms with E-state index in [4.69, 9.17) is 5.73 Å². The van der Waals surface area contributed by atoms with Crippen LogP contribution in [0, 0.1) is 5.82 Å². The lowest BCUT2D eigenvalue weighted by Gasteiger charge is -2.13. The molecule has 1 aromatic heterocycles. The van der Waals surface area contributed by atoms with Crippen LogP contribution in [0.4, 0.5) is 23.4 Å². The quantitative estimate of drug-likeness (QED) is 0.799. The van der Waals surface area contributed by atoms with Crippen LogP contribution in [-0.2, 0) is 6.18 Å². The lowest BCUT2D eigenvalue weighted by atomic mass is 10.0. The van der Waals surface area contributed by atoms with E-state index in [2.05, 4.69) is 9.97 Å². The average Bonchev–Trinajstić information content (AvgIpc) is 2.29. The maximum atomic E-state index is 12.9. The molecule has 0 aliphatic heterocycles. The fourth-order valence-electron chi connectivity index (χ4n) is 1.51. The van der Waals surface area contributed by atoms with Crippen molar-refractivity contribution < 1.29 is 17.6 Å². The van der Waals surface area contributed by atoms with E-state index in [-0.39, 0.29) is 17.1 Å². The van der Waals surface area contributed by atoms with Crippen LogP contribution in [0.2, 0.25) is 0 Å². The first-order valence-corrected chi connectivity index (χ1v) is 4.83. The number of halogens is 4. The second kappa shape index (κ2) is 4.25. The van der Waals surface area contributed by atoms with E-state index in [1.807, 2.05) is 0 Å². The van der Waals surface area contributed by atoms with Crippen molar-refractivity contribution in [2.24, 2.45) is 0 Å². The monoisotopic (exact) mass is 257 g/mol. The first-order chi connectivity index (χ1) is 8.39. The van der Waals surface area contributed by atoms with Gasteiger partial charge < -0.3 is 5.73 Å². The number of hydrogen-bond acceptors (Lipinski definition) is 3. The van der Waals surface area contributed by atoms with Gasteiger partial charge in [-0.3, -0.25) is 4.98 Å². The third kappa shape index (κ3) is 2.24. The van der Waals surface area contributed by atoms with Gasteiger partial charge in [-0.2, -0.15) is 13.2 Å². The summed E-state index contributed by atoms with van der Waals surface area (Å²) in [6.07, 6.45) is -2.22. The summed E-state index contributed by atoms with van der Waals surface area (Å²) in [4.78, 5) is 7.40. The molecule has 0 bridgehead atoms. The number of benzene rings is 1. The highest BCUT2D eigenvalue weighted by atomic mass is 19.4. The van der Waals surface area contributed by atoms with Crippen LogP contribution >= 0.6 is 0 Å². The molecule has 0 amide bonds. The van der Waals surface area contributed by atoms with E-state index >= 15 is 0 Å². The smallest absolute Gasteiger partial charge is 0.382 e. The van der Waals surface area contributed by atoms with Gasteiger partial charge in [0, 0.05) is 18.0 Å². The molecule has 0 saturated carbocycles. The van der Waals surface area contributed by atoms with E-state index in [0.717, 1.165) is 12.1 Å². The highest BCUT2D eigenvalue weighted by molar-refractivity contribution is 5.72. The molecule has 2 aromatic rings. The molecule has 1 aromatic carbocycles. The molecule has 0 spiro atoms. The van der Waals surface area contributed by atoms with Crippen LogP contribution in [0.15, 0.2) is 30.6 Å². The molecule has 0 aliphatic rings. The summed E-state index contributed by atoms with van der Waals surface area (Å²) in [5, 5.41) is 0. The maximum Gasteiger partial charge on any atom is 0.417 e. The topological polar surface area (TPSA) is 51.8 Å². The fourth-order valence-corrected chi connectivity index (χ4v) is 1.51. The predicted octanol–water partition coefficient (Wildman–Crippen LogP) is 2.88. The number of anilines is 1. The van der Waals surface area contributed by atoms with E-state index in [0.29, 0.717) is 6.07 Å². The first kappa shape index (κ1) is 12.3. The number of nitrogens with zero attached hydrogens (tertiary/aromatic N) is 2. The summed E-state index contributed by atoms with van der Waals surface area (Å²) < 4.78 is 51.3. The summed E-state index contributed by atoms with van der Waals surface area (Å²) in [5.74, 6) is -1.12. The molecular weight excluding hydrogens is 250 g/mol. The van der Waals surface area contributed by atoms with Crippen LogP contribution in [0.25, 0.3) is 11.3 Å². The molecule has 1 heterocycles. The van der Waals surface area contributed by atoms with Crippen molar-refractivity contribution in [3.05, 3.63) is 42.0 Å². The predicted molar refractivity (Wildman–Crippen MR) is 56.8 cm³/mol. The van der Waals surface area contributed by atoms with Gasteiger partial charge in [0.1, 0.15) is 17.3 Å². The van der Waals surface area contributed by atoms with Crippen molar-refractivity contribution in [2.75, 3.05) is 5.73 Å². The van der Waals surface area contributed by atoms with Gasteiger partial charge in [0.2, 0.25) is 0 Å². The number of rotatable bonds is 1. The average molecular weight is 257 g/mol. The standard InChI is InChI=1S/C11H7F4N3/c12-6-1-2-7(8(5-6)11(13,14)15)9-10(16)18-4-3-17-9/h1-5H,(H2,16,18). The van der Waals surface area contributed by atoms with Gasteiger partial charge in [-0.05, 0) is 18.2 Å². The Morgan fingerprint density at radius 1 is 1.06 bits per heavy atom. The Labute approximate surface area is 99.3 Å². The maximum absolute atomic E-state index is 12.9. The van der Waals surface area contributed by atoms with Crippen LogP contribution in [-0.4, -0.2) is 9.97 Å². The molecular formula is C11H7F4N3. The molecule has 94 valence electrons. The Morgan fingerprint density at radius 3 is 2.33 bits per heavy atom. The van der Waals surface area contributed by atoms with Crippen molar-refractivity contribution in [2.45, 2.75) is 6.18 Å². The number of alkyl halides is 3. The Kier molecular flexibility index (Phi) is 2.90. The van der Waals surface area contributed by atoms with Crippen LogP contribution in [0.1, 0.15) is 5.56 Å². The Hall–Kier alpha value is -2.18. The minimum absolute atomic E-state index is 0.121. The van der Waals surface area contributed by atoms with Gasteiger partial charge in [-0.15, -0.1) is 0 Å². The molecule has 0 radical (unpaired) electrons. The van der Waals surface area contributed by atoms with Gasteiger partial charge in [0.25, 0.3) is 0 Å². The highest BCUT2D eigenvalue weighted by Crippen LogP contribution is 2.37. The van der Waals surface area contributed by atoms with E-state index in [1.165, 1.54) is 12.4 Å². The van der Waals surface area contributed by atoms with Crippen LogP contribution < -0.4 is 5.73 Å². The largest absolute Gasteiger partial charge is 0.417 e. The Bertz CT molecular complexity index is 581. The zero-order valence-electron chi connectivity index (χ0n) is 8.87. The first-order valence-electron chi connectivity index (χ1n) is 4.83. The second-order valence-electron chi connectivity index (χ2n) is 3.48. The van der Waals surface area contributed by atoms with Gasteiger partial charge in [0.15, 0.2) is 0 Å². The van der Waals surface area contributed by atoms with E-state index in [1.54, 1.807) is 0 Å². The lowest BCUT2D eigenvalue weighted by Crippen LogP contribution is -2.09. The third-order valence-corrected chi connectivity index (χ3v) is 2.27. The molecule has 18 heavy (non-hydrogen) atoms. The molecule has 2 N–H and O–H groups in total. The third-order valence-electron chi connectivity index (χ3n) is 2.27. The molecule has 2 rings (SSSR count). The fraction of sp³-hybridized carbons (Fsp3) is 0.0909. The minimum Gasteiger partial charge on any atom is -0.382 e. The van der Waals surface area contributed by atoms with Crippen molar-refractivity contribution in [1.29, 1.82) is 0 Å². The highest BCUT2D eigenvalue weighted by Gasteiger charge is 2.35. The van der Waals surface area contributed by atoms with E-state index in [9.17, 15) is 17.6 Å². The van der Waals surface area contributed by atoms with Crippen molar-refractivity contribution in [1.82, 2.24) is 9.97 Å². The number of nitrogen functional groups attached to an aromatic ring is 1. The summed E-state index contributed by atoms with van der Waals surface area (Å²) >= 11 is 0.